The number of hydrogen-bond acceptors (Lipinski definition) is 4. The van der Waals surface area contributed by atoms with Gasteiger partial charge in [-0.1, -0.05) is 25.1 Å². The summed E-state index contributed by atoms with van der Waals surface area (Å²) >= 11 is 0. The molecule has 2 aromatic rings. The molecule has 3 rings (SSSR count). The highest BCUT2D eigenvalue weighted by atomic mass is 16.5. The smallest absolute Gasteiger partial charge is 0.122 e. The topological polar surface area (TPSA) is 37.6 Å². The number of hydrogen-bond donors (Lipinski definition) is 1. The van der Waals surface area contributed by atoms with Gasteiger partial charge in [-0.3, -0.25) is 0 Å². The number of furan rings is 1. The highest BCUT2D eigenvalue weighted by Crippen LogP contribution is 2.34. The summed E-state index contributed by atoms with van der Waals surface area (Å²) < 4.78 is 11.4. The van der Waals surface area contributed by atoms with Crippen molar-refractivity contribution in [3.05, 3.63) is 54.0 Å². The van der Waals surface area contributed by atoms with Crippen molar-refractivity contribution in [1.82, 2.24) is 10.2 Å². The van der Waals surface area contributed by atoms with Crippen LogP contribution in [0.2, 0.25) is 0 Å². The Morgan fingerprint density at radius 1 is 1.23 bits per heavy atom. The zero-order valence-corrected chi connectivity index (χ0v) is 16.4. The minimum absolute atomic E-state index is 0.202. The van der Waals surface area contributed by atoms with E-state index in [4.69, 9.17) is 9.15 Å². The van der Waals surface area contributed by atoms with Crippen molar-refractivity contribution < 1.29 is 9.15 Å². The first kappa shape index (κ1) is 19.0. The first-order valence-corrected chi connectivity index (χ1v) is 9.70. The van der Waals surface area contributed by atoms with Crippen LogP contribution in [0.3, 0.4) is 0 Å². The molecule has 26 heavy (non-hydrogen) atoms. The Morgan fingerprint density at radius 3 is 2.77 bits per heavy atom. The third-order valence-electron chi connectivity index (χ3n) is 5.85. The first-order valence-electron chi connectivity index (χ1n) is 9.70. The first-order chi connectivity index (χ1) is 12.6. The van der Waals surface area contributed by atoms with Crippen molar-refractivity contribution in [1.29, 1.82) is 0 Å². The second kappa shape index (κ2) is 8.74. The van der Waals surface area contributed by atoms with Crippen LogP contribution in [0.25, 0.3) is 0 Å². The van der Waals surface area contributed by atoms with Crippen molar-refractivity contribution in [2.24, 2.45) is 5.92 Å². The predicted octanol–water partition coefficient (Wildman–Crippen LogP) is 4.13. The zero-order valence-electron chi connectivity index (χ0n) is 16.4. The SMILES string of the molecule is COc1ccccc1[C@H](CCN[C@@H]1C[C@@H](C)N(C)C[C@@H]1C)c1ccco1. The minimum Gasteiger partial charge on any atom is -0.496 e. The Hall–Kier alpha value is -1.78. The summed E-state index contributed by atoms with van der Waals surface area (Å²) in [6.45, 7) is 6.80. The van der Waals surface area contributed by atoms with E-state index in [2.05, 4.69) is 49.3 Å². The van der Waals surface area contributed by atoms with E-state index in [9.17, 15) is 0 Å². The van der Waals surface area contributed by atoms with Crippen LogP contribution in [0, 0.1) is 5.92 Å². The number of rotatable bonds is 7. The average molecular weight is 357 g/mol. The van der Waals surface area contributed by atoms with Crippen LogP contribution in [-0.2, 0) is 0 Å². The van der Waals surface area contributed by atoms with Crippen LogP contribution < -0.4 is 10.1 Å². The molecule has 4 heteroatoms. The van der Waals surface area contributed by atoms with Gasteiger partial charge < -0.3 is 19.4 Å². The number of nitrogens with one attached hydrogen (secondary N) is 1. The Kier molecular flexibility index (Phi) is 6.38. The lowest BCUT2D eigenvalue weighted by molar-refractivity contribution is 0.121. The molecule has 142 valence electrons. The largest absolute Gasteiger partial charge is 0.496 e. The molecular formula is C22H32N2O2. The molecule has 1 fully saturated rings. The maximum atomic E-state index is 5.75. The molecule has 4 atom stereocenters. The van der Waals surface area contributed by atoms with Crippen LogP contribution in [0.5, 0.6) is 5.75 Å². The molecule has 4 nitrogen and oxygen atoms in total. The molecule has 0 saturated carbocycles. The predicted molar refractivity (Wildman–Crippen MR) is 106 cm³/mol. The van der Waals surface area contributed by atoms with Gasteiger partial charge in [0.05, 0.1) is 13.4 Å². The van der Waals surface area contributed by atoms with Gasteiger partial charge in [-0.2, -0.15) is 0 Å². The number of likely N-dealkylation sites (tertiary alicyclic amines) is 1. The van der Waals surface area contributed by atoms with Gasteiger partial charge in [-0.25, -0.2) is 0 Å². The Bertz CT molecular complexity index is 671. The van der Waals surface area contributed by atoms with E-state index in [0.717, 1.165) is 31.0 Å². The Labute approximate surface area is 157 Å². The molecular weight excluding hydrogens is 324 g/mol. The van der Waals surface area contributed by atoms with Gasteiger partial charge in [0.1, 0.15) is 11.5 Å². The van der Waals surface area contributed by atoms with Crippen molar-refractivity contribution >= 4 is 0 Å². The Balaban J connectivity index is 1.68. The lowest BCUT2D eigenvalue weighted by atomic mass is 9.88. The third-order valence-corrected chi connectivity index (χ3v) is 5.85. The van der Waals surface area contributed by atoms with Crippen molar-refractivity contribution in [3.8, 4) is 5.75 Å². The normalized spacial score (nSPS) is 25.2. The fraction of sp³-hybridized carbons (Fsp3) is 0.545. The van der Waals surface area contributed by atoms with E-state index >= 15 is 0 Å². The molecule has 1 aromatic carbocycles. The molecule has 0 bridgehead atoms. The maximum Gasteiger partial charge on any atom is 0.122 e. The van der Waals surface area contributed by atoms with Gasteiger partial charge in [-0.05, 0) is 57.5 Å². The molecule has 0 aliphatic carbocycles. The average Bonchev–Trinajstić information content (AvgIpc) is 3.17. The molecule has 1 saturated heterocycles. The third kappa shape index (κ3) is 4.30. The summed E-state index contributed by atoms with van der Waals surface area (Å²) in [6, 6.07) is 13.5. The monoisotopic (exact) mass is 356 g/mol. The van der Waals surface area contributed by atoms with Gasteiger partial charge in [0, 0.05) is 30.1 Å². The quantitative estimate of drug-likeness (QED) is 0.809. The van der Waals surface area contributed by atoms with Crippen molar-refractivity contribution in [3.63, 3.8) is 0 Å². The maximum absolute atomic E-state index is 5.75. The van der Waals surface area contributed by atoms with Gasteiger partial charge in [-0.15, -0.1) is 0 Å². The number of piperidine rings is 1. The summed E-state index contributed by atoms with van der Waals surface area (Å²) in [4.78, 5) is 2.46. The number of methoxy groups -OCH3 is 1. The van der Waals surface area contributed by atoms with Crippen LogP contribution in [0.1, 0.15) is 43.9 Å². The van der Waals surface area contributed by atoms with Gasteiger partial charge in [0.15, 0.2) is 0 Å². The molecule has 0 unspecified atom stereocenters. The molecule has 1 aliphatic heterocycles. The molecule has 0 radical (unpaired) electrons. The van der Waals surface area contributed by atoms with Crippen molar-refractivity contribution in [2.45, 2.75) is 44.7 Å². The van der Waals surface area contributed by atoms with Crippen LogP contribution >= 0.6 is 0 Å². The van der Waals surface area contributed by atoms with E-state index in [1.165, 1.54) is 12.0 Å². The van der Waals surface area contributed by atoms with Crippen LogP contribution in [0.4, 0.5) is 0 Å². The molecule has 2 heterocycles. The summed E-state index contributed by atoms with van der Waals surface area (Å²) in [5.41, 5.74) is 1.19. The minimum atomic E-state index is 0.202. The number of ether oxygens (including phenoxy) is 1. The number of para-hydroxylation sites is 1. The van der Waals surface area contributed by atoms with E-state index in [1.54, 1.807) is 13.4 Å². The summed E-state index contributed by atoms with van der Waals surface area (Å²) in [6.07, 6.45) is 3.95. The van der Waals surface area contributed by atoms with E-state index in [1.807, 2.05) is 18.2 Å². The molecule has 0 amide bonds. The van der Waals surface area contributed by atoms with Crippen LogP contribution in [-0.4, -0.2) is 44.2 Å². The van der Waals surface area contributed by atoms with Crippen LogP contribution in [0.15, 0.2) is 47.1 Å². The fourth-order valence-electron chi connectivity index (χ4n) is 4.13. The number of benzene rings is 1. The van der Waals surface area contributed by atoms with Gasteiger partial charge in [0.2, 0.25) is 0 Å². The lowest BCUT2D eigenvalue weighted by Gasteiger charge is -2.40. The highest BCUT2D eigenvalue weighted by Gasteiger charge is 2.29. The summed E-state index contributed by atoms with van der Waals surface area (Å²) in [5.74, 6) is 2.80. The van der Waals surface area contributed by atoms with Gasteiger partial charge in [0.25, 0.3) is 0 Å². The van der Waals surface area contributed by atoms with E-state index < -0.39 is 0 Å². The van der Waals surface area contributed by atoms with E-state index in [0.29, 0.717) is 18.0 Å². The van der Waals surface area contributed by atoms with Crippen molar-refractivity contribution in [2.75, 3.05) is 27.2 Å². The molecule has 1 aliphatic rings. The fourth-order valence-corrected chi connectivity index (χ4v) is 4.13. The summed E-state index contributed by atoms with van der Waals surface area (Å²) in [5, 5.41) is 3.81. The highest BCUT2D eigenvalue weighted by molar-refractivity contribution is 5.39. The molecule has 1 N–H and O–H groups in total. The lowest BCUT2D eigenvalue weighted by Crippen LogP contribution is -2.51. The standard InChI is InChI=1S/C22H32N2O2/c1-16-15-24(3)17(2)14-20(16)23-12-11-19(22-10-7-13-26-22)18-8-5-6-9-21(18)25-4/h5-10,13,16-17,19-20,23H,11-12,14-15H2,1-4H3/t16-,17+,19-,20+/m0/s1. The zero-order chi connectivity index (χ0) is 18.5. The molecule has 1 aromatic heterocycles. The van der Waals surface area contributed by atoms with Gasteiger partial charge >= 0.3 is 0 Å². The Morgan fingerprint density at radius 2 is 2.04 bits per heavy atom. The second-order valence-corrected chi connectivity index (χ2v) is 7.66. The molecule has 0 spiro atoms. The summed E-state index contributed by atoms with van der Waals surface area (Å²) in [7, 11) is 3.96. The number of nitrogens with zero attached hydrogens (tertiary/aromatic N) is 1. The van der Waals surface area contributed by atoms with E-state index in [-0.39, 0.29) is 5.92 Å². The second-order valence-electron chi connectivity index (χ2n) is 7.66.